The second-order valence-electron chi connectivity index (χ2n) is 13.5. The fourth-order valence-electron chi connectivity index (χ4n) is 6.47. The Labute approximate surface area is 331 Å². The summed E-state index contributed by atoms with van der Waals surface area (Å²) in [7, 11) is 0. The first-order chi connectivity index (χ1) is 26.1. The molecule has 300 valence electrons. The lowest BCUT2D eigenvalue weighted by molar-refractivity contribution is 0.158. The van der Waals surface area contributed by atoms with Gasteiger partial charge in [0.2, 0.25) is 0 Å². The maximum Gasteiger partial charge on any atom is 0.133 e. The quantitative estimate of drug-likeness (QED) is 0.228. The van der Waals surface area contributed by atoms with Crippen molar-refractivity contribution in [2.45, 2.75) is 25.9 Å². The monoisotopic (exact) mass is 788 g/mol. The van der Waals surface area contributed by atoms with Gasteiger partial charge >= 0.3 is 0 Å². The van der Waals surface area contributed by atoms with Crippen LogP contribution in [0.4, 0.5) is 0 Å². The number of halogens is 2. The van der Waals surface area contributed by atoms with E-state index in [1.807, 2.05) is 0 Å². The summed E-state index contributed by atoms with van der Waals surface area (Å²) in [6.07, 6.45) is 6.63. The molecule has 10 N–H and O–H groups in total. The molecule has 16 heteroatoms. The Morgan fingerprint density at radius 3 is 1.13 bits per heavy atom. The lowest BCUT2D eigenvalue weighted by atomic mass is 10.1. The predicted molar refractivity (Wildman–Crippen MR) is 227 cm³/mol. The second-order valence-corrected chi connectivity index (χ2v) is 14.4. The van der Waals surface area contributed by atoms with Crippen LogP contribution in [0.3, 0.4) is 0 Å². The summed E-state index contributed by atoms with van der Waals surface area (Å²) in [6.45, 7) is 15.5. The summed E-state index contributed by atoms with van der Waals surface area (Å²) in [6, 6.07) is 7.14. The number of fused-ring (bicyclic) bond motifs is 4. The molecule has 14 nitrogen and oxygen atoms in total. The van der Waals surface area contributed by atoms with Crippen molar-refractivity contribution in [2.24, 2.45) is 42.9 Å². The number of hydrogen-bond acceptors (Lipinski definition) is 14. The van der Waals surface area contributed by atoms with Crippen LogP contribution in [0.2, 0.25) is 10.0 Å². The molecular weight excluding hydrogens is 727 g/mol. The fraction of sp³-hybridized carbons (Fsp3) is 0.579. The van der Waals surface area contributed by atoms with Crippen molar-refractivity contribution < 1.29 is 10.2 Å². The minimum absolute atomic E-state index is 0.0805. The molecule has 0 aliphatic carbocycles. The molecule has 1 heterocycles. The Kier molecular flexibility index (Phi) is 21.2. The van der Waals surface area contributed by atoms with Crippen molar-refractivity contribution in [3.8, 4) is 11.5 Å². The third kappa shape index (κ3) is 15.6. The van der Waals surface area contributed by atoms with E-state index in [2.05, 4.69) is 53.4 Å². The molecule has 0 aromatic heterocycles. The minimum atomic E-state index is 0.0805. The van der Waals surface area contributed by atoms with E-state index < -0.39 is 0 Å². The first-order valence-electron chi connectivity index (χ1n) is 18.9. The van der Waals surface area contributed by atoms with Gasteiger partial charge in [0.25, 0.3) is 0 Å². The molecule has 2 atom stereocenters. The number of aliphatic imine (C=N–C) groups is 4. The van der Waals surface area contributed by atoms with E-state index in [-0.39, 0.29) is 23.6 Å². The number of nitrogens with zero attached hydrogens (tertiary/aromatic N) is 8. The van der Waals surface area contributed by atoms with Gasteiger partial charge in [-0.15, -0.1) is 0 Å². The van der Waals surface area contributed by atoms with Crippen LogP contribution in [0.1, 0.15) is 36.1 Å². The van der Waals surface area contributed by atoms with Gasteiger partial charge in [-0.2, -0.15) is 0 Å². The molecule has 4 bridgehead atoms. The molecule has 1 aliphatic rings. The summed E-state index contributed by atoms with van der Waals surface area (Å²) in [5.74, 6) is 0.161. The van der Waals surface area contributed by atoms with Crippen molar-refractivity contribution in [1.29, 1.82) is 0 Å². The molecule has 0 saturated heterocycles. The van der Waals surface area contributed by atoms with E-state index >= 15 is 0 Å². The Morgan fingerprint density at radius 1 is 0.537 bits per heavy atom. The van der Waals surface area contributed by atoms with Crippen LogP contribution < -0.4 is 22.9 Å². The summed E-state index contributed by atoms with van der Waals surface area (Å²) < 4.78 is 0. The highest BCUT2D eigenvalue weighted by atomic mass is 35.5. The normalized spacial score (nSPS) is 20.4. The molecule has 54 heavy (non-hydrogen) atoms. The van der Waals surface area contributed by atoms with Gasteiger partial charge < -0.3 is 33.1 Å². The highest BCUT2D eigenvalue weighted by Gasteiger charge is 2.18. The Bertz CT molecular complexity index is 1410. The molecule has 0 saturated carbocycles. The Morgan fingerprint density at radius 2 is 0.833 bits per heavy atom. The number of hydrogen-bond donors (Lipinski definition) is 6. The summed E-state index contributed by atoms with van der Waals surface area (Å²) in [5.41, 5.74) is 26.1. The number of aromatic hydroxyl groups is 2. The average molecular weight is 790 g/mol. The van der Waals surface area contributed by atoms with Gasteiger partial charge in [-0.1, -0.05) is 23.2 Å². The lowest BCUT2D eigenvalue weighted by Crippen LogP contribution is -2.46. The van der Waals surface area contributed by atoms with Gasteiger partial charge in [0.05, 0.1) is 26.2 Å². The number of phenolic OH excluding ortho intramolecular Hbond substituents is 2. The highest BCUT2D eigenvalue weighted by Crippen LogP contribution is 2.26. The molecule has 0 spiro atoms. The lowest BCUT2D eigenvalue weighted by Gasteiger charge is -2.32. The van der Waals surface area contributed by atoms with E-state index in [4.69, 9.17) is 46.1 Å². The Balaban J connectivity index is 1.89. The number of phenols is 2. The molecular formula is C38H62Cl2N12O2. The summed E-state index contributed by atoms with van der Waals surface area (Å²) >= 11 is 12.9. The van der Waals surface area contributed by atoms with Gasteiger partial charge in [-0.05, 0) is 38.1 Å². The first-order valence-corrected chi connectivity index (χ1v) is 19.6. The SMILES string of the molecule is CC1CN(CCN)CCN=Cc2cc(Cl)cc(c2O)C=NCCN(CCN)C(C)CN(CCN)CCN=Cc2cc(Cl)cc(c2O)C=NCCN1CCN. The summed E-state index contributed by atoms with van der Waals surface area (Å²) in [4.78, 5) is 27.7. The second kappa shape index (κ2) is 25.2. The van der Waals surface area contributed by atoms with Crippen LogP contribution in [-0.4, -0.2) is 185 Å². The molecule has 0 fully saturated rings. The van der Waals surface area contributed by atoms with Crippen LogP contribution in [0.5, 0.6) is 11.5 Å². The standard InChI is InChI=1S/C38H62Cl2N12O2/c1-29-27-49(11-3-41)15-7-45-23-31-19-36(40)22-34(38(31)54)26-48-10-18-52(14-6-44)30(2)28-50(12-4-42)16-8-46-24-32-20-35(39)21-33(37(32)53)25-47-9-17-51(29)13-5-43/h19-26,29-30,53-54H,3-18,27-28,41-44H2,1-2H3. The van der Waals surface area contributed by atoms with Crippen molar-refractivity contribution in [3.05, 3.63) is 56.6 Å². The van der Waals surface area contributed by atoms with Crippen molar-refractivity contribution in [3.63, 3.8) is 0 Å². The predicted octanol–water partition coefficient (Wildman–Crippen LogP) is 1.61. The van der Waals surface area contributed by atoms with Gasteiger partial charge in [0.15, 0.2) is 0 Å². The van der Waals surface area contributed by atoms with Crippen LogP contribution >= 0.6 is 23.2 Å². The molecule has 0 amide bonds. The zero-order chi connectivity index (χ0) is 39.3. The molecule has 1 aliphatic heterocycles. The van der Waals surface area contributed by atoms with E-state index in [0.29, 0.717) is 137 Å². The third-order valence-electron chi connectivity index (χ3n) is 9.33. The zero-order valence-corrected chi connectivity index (χ0v) is 33.6. The maximum atomic E-state index is 11.1. The zero-order valence-electron chi connectivity index (χ0n) is 32.0. The van der Waals surface area contributed by atoms with Crippen molar-refractivity contribution in [2.75, 3.05) is 118 Å². The molecule has 2 aromatic carbocycles. The number of nitrogens with two attached hydrogens (primary N) is 4. The minimum Gasteiger partial charge on any atom is -0.507 e. The van der Waals surface area contributed by atoms with E-state index in [9.17, 15) is 10.2 Å². The third-order valence-corrected chi connectivity index (χ3v) is 9.76. The van der Waals surface area contributed by atoms with Crippen molar-refractivity contribution >= 4 is 48.1 Å². The van der Waals surface area contributed by atoms with Crippen molar-refractivity contribution in [1.82, 2.24) is 19.6 Å². The van der Waals surface area contributed by atoms with Crippen LogP contribution in [0.25, 0.3) is 0 Å². The molecule has 3 rings (SSSR count). The van der Waals surface area contributed by atoms with E-state index in [0.717, 1.165) is 13.1 Å². The smallest absolute Gasteiger partial charge is 0.133 e. The van der Waals surface area contributed by atoms with Crippen LogP contribution in [-0.2, 0) is 0 Å². The fourth-order valence-corrected chi connectivity index (χ4v) is 6.94. The average Bonchev–Trinajstić information content (AvgIpc) is 3.13. The van der Waals surface area contributed by atoms with E-state index in [1.54, 1.807) is 49.1 Å². The van der Waals surface area contributed by atoms with Gasteiger partial charge in [0.1, 0.15) is 11.5 Å². The molecule has 0 radical (unpaired) electrons. The summed E-state index contributed by atoms with van der Waals surface area (Å²) in [5, 5.41) is 23.1. The van der Waals surface area contributed by atoms with Gasteiger partial charge in [-0.25, -0.2) is 0 Å². The van der Waals surface area contributed by atoms with Gasteiger partial charge in [0, 0.05) is 161 Å². The van der Waals surface area contributed by atoms with Crippen LogP contribution in [0, 0.1) is 0 Å². The Hall–Kier alpha value is -3.02. The molecule has 2 aromatic rings. The topological polar surface area (TPSA) is 207 Å². The van der Waals surface area contributed by atoms with Gasteiger partial charge in [-0.3, -0.25) is 39.6 Å². The number of benzene rings is 2. The first kappa shape index (κ1) is 45.4. The maximum absolute atomic E-state index is 11.1. The number of rotatable bonds is 8. The van der Waals surface area contributed by atoms with E-state index in [1.165, 1.54) is 0 Å². The van der Waals surface area contributed by atoms with Crippen LogP contribution in [0.15, 0.2) is 44.2 Å². The highest BCUT2D eigenvalue weighted by molar-refractivity contribution is 6.31. The largest absolute Gasteiger partial charge is 0.507 e. The molecule has 2 unspecified atom stereocenters.